The van der Waals surface area contributed by atoms with E-state index in [1.807, 2.05) is 0 Å². The van der Waals surface area contributed by atoms with Crippen LogP contribution in [0.25, 0.3) is 11.3 Å². The summed E-state index contributed by atoms with van der Waals surface area (Å²) in [6, 6.07) is 4.62. The molecular formula is C11H8F2N2O. The Bertz CT molecular complexity index is 593. The van der Waals surface area contributed by atoms with Crippen molar-refractivity contribution in [2.45, 2.75) is 6.92 Å². The summed E-state index contributed by atoms with van der Waals surface area (Å²) in [5.41, 5.74) is 0.362. The van der Waals surface area contributed by atoms with E-state index in [0.29, 0.717) is 17.1 Å². The largest absolute Gasteiger partial charge is 0.311 e. The number of hydrogen-bond acceptors (Lipinski definition) is 2. The Morgan fingerprint density at radius 3 is 2.56 bits per heavy atom. The number of rotatable bonds is 1. The number of aromatic nitrogens is 2. The summed E-state index contributed by atoms with van der Waals surface area (Å²) >= 11 is 0. The van der Waals surface area contributed by atoms with Crippen LogP contribution in [0, 0.1) is 18.6 Å². The summed E-state index contributed by atoms with van der Waals surface area (Å²) < 4.78 is 25.7. The molecule has 1 N–H and O–H groups in total. The predicted molar refractivity (Wildman–Crippen MR) is 54.9 cm³/mol. The molecule has 0 saturated heterocycles. The fourth-order valence-electron chi connectivity index (χ4n) is 1.38. The first-order valence-electron chi connectivity index (χ1n) is 4.59. The van der Waals surface area contributed by atoms with Gasteiger partial charge in [0.25, 0.3) is 5.56 Å². The number of nitrogens with one attached hydrogen (secondary N) is 1. The van der Waals surface area contributed by atoms with E-state index < -0.39 is 11.6 Å². The van der Waals surface area contributed by atoms with E-state index in [1.165, 1.54) is 12.1 Å². The van der Waals surface area contributed by atoms with Crippen molar-refractivity contribution in [1.82, 2.24) is 9.97 Å². The zero-order valence-electron chi connectivity index (χ0n) is 8.42. The van der Waals surface area contributed by atoms with Crippen molar-refractivity contribution in [2.24, 2.45) is 0 Å². The van der Waals surface area contributed by atoms with Gasteiger partial charge in [-0.1, -0.05) is 0 Å². The van der Waals surface area contributed by atoms with E-state index in [4.69, 9.17) is 0 Å². The van der Waals surface area contributed by atoms with E-state index in [0.717, 1.165) is 12.1 Å². The number of aromatic amines is 1. The minimum Gasteiger partial charge on any atom is -0.311 e. The lowest BCUT2D eigenvalue weighted by atomic mass is 10.1. The molecule has 2 aromatic rings. The molecule has 82 valence electrons. The molecule has 5 heteroatoms. The molecule has 0 aliphatic rings. The van der Waals surface area contributed by atoms with Gasteiger partial charge >= 0.3 is 0 Å². The summed E-state index contributed by atoms with van der Waals surface area (Å²) in [6.07, 6.45) is 0. The maximum atomic E-state index is 13.0. The van der Waals surface area contributed by atoms with Crippen LogP contribution < -0.4 is 5.56 Å². The van der Waals surface area contributed by atoms with Crippen molar-refractivity contribution in [3.05, 3.63) is 52.1 Å². The van der Waals surface area contributed by atoms with Crippen LogP contribution in [-0.4, -0.2) is 9.97 Å². The monoisotopic (exact) mass is 222 g/mol. The first kappa shape index (κ1) is 10.5. The maximum absolute atomic E-state index is 13.0. The normalized spacial score (nSPS) is 10.4. The second-order valence-corrected chi connectivity index (χ2v) is 3.34. The summed E-state index contributed by atoms with van der Waals surface area (Å²) in [5, 5.41) is 0. The molecule has 2 rings (SSSR count). The average Bonchev–Trinajstić information content (AvgIpc) is 2.20. The molecule has 0 bridgehead atoms. The van der Waals surface area contributed by atoms with E-state index in [-0.39, 0.29) is 5.56 Å². The van der Waals surface area contributed by atoms with Gasteiger partial charge in [0.05, 0.1) is 5.69 Å². The van der Waals surface area contributed by atoms with Crippen molar-refractivity contribution < 1.29 is 8.78 Å². The highest BCUT2D eigenvalue weighted by atomic mass is 19.2. The molecule has 1 heterocycles. The highest BCUT2D eigenvalue weighted by molar-refractivity contribution is 5.58. The van der Waals surface area contributed by atoms with Crippen molar-refractivity contribution in [3.63, 3.8) is 0 Å². The topological polar surface area (TPSA) is 45.8 Å². The molecule has 0 radical (unpaired) electrons. The molecule has 0 aliphatic carbocycles. The fraction of sp³-hybridized carbons (Fsp3) is 0.0909. The lowest BCUT2D eigenvalue weighted by molar-refractivity contribution is 0.509. The highest BCUT2D eigenvalue weighted by Gasteiger charge is 2.06. The fourth-order valence-corrected chi connectivity index (χ4v) is 1.38. The van der Waals surface area contributed by atoms with Crippen LogP contribution in [0.15, 0.2) is 29.1 Å². The molecule has 3 nitrogen and oxygen atoms in total. The molecule has 1 aromatic carbocycles. The van der Waals surface area contributed by atoms with Crippen molar-refractivity contribution in [1.29, 1.82) is 0 Å². The third-order valence-corrected chi connectivity index (χ3v) is 2.08. The third kappa shape index (κ3) is 1.98. The van der Waals surface area contributed by atoms with Crippen LogP contribution >= 0.6 is 0 Å². The summed E-state index contributed by atoms with van der Waals surface area (Å²) in [7, 11) is 0. The Morgan fingerprint density at radius 2 is 1.94 bits per heavy atom. The predicted octanol–water partition coefficient (Wildman–Crippen LogP) is 2.02. The minimum absolute atomic E-state index is 0.320. The van der Waals surface area contributed by atoms with Gasteiger partial charge in [-0.3, -0.25) is 4.79 Å². The van der Waals surface area contributed by atoms with Gasteiger partial charge in [0.1, 0.15) is 5.82 Å². The van der Waals surface area contributed by atoms with E-state index in [2.05, 4.69) is 9.97 Å². The molecule has 0 spiro atoms. The lowest BCUT2D eigenvalue weighted by Gasteiger charge is -2.02. The van der Waals surface area contributed by atoms with Gasteiger partial charge in [-0.25, -0.2) is 13.8 Å². The number of aryl methyl sites for hydroxylation is 1. The maximum Gasteiger partial charge on any atom is 0.251 e. The first-order valence-corrected chi connectivity index (χ1v) is 4.59. The molecule has 0 amide bonds. The lowest BCUT2D eigenvalue weighted by Crippen LogP contribution is -2.08. The van der Waals surface area contributed by atoms with Gasteiger partial charge in [0.15, 0.2) is 11.6 Å². The quantitative estimate of drug-likeness (QED) is 0.802. The van der Waals surface area contributed by atoms with Gasteiger partial charge in [0.2, 0.25) is 0 Å². The van der Waals surface area contributed by atoms with Crippen molar-refractivity contribution in [2.75, 3.05) is 0 Å². The standard InChI is InChI=1S/C11H8F2N2O/c1-6-14-10(5-11(16)15-6)7-2-3-8(12)9(13)4-7/h2-5H,1H3,(H,14,15,16). The van der Waals surface area contributed by atoms with Crippen LogP contribution in [0.3, 0.4) is 0 Å². The SMILES string of the molecule is Cc1nc(-c2ccc(F)c(F)c2)cc(=O)[nH]1. The number of halogens is 2. The molecule has 0 aliphatic heterocycles. The first-order chi connectivity index (χ1) is 7.56. The Labute approximate surface area is 89.8 Å². The van der Waals surface area contributed by atoms with Crippen molar-refractivity contribution in [3.8, 4) is 11.3 Å². The molecular weight excluding hydrogens is 214 g/mol. The van der Waals surface area contributed by atoms with Crippen LogP contribution in [0.4, 0.5) is 8.78 Å². The molecule has 0 fully saturated rings. The van der Waals surface area contributed by atoms with Gasteiger partial charge in [-0.2, -0.15) is 0 Å². The van der Waals surface area contributed by atoms with Gasteiger partial charge in [-0.15, -0.1) is 0 Å². The van der Waals surface area contributed by atoms with Gasteiger partial charge < -0.3 is 4.98 Å². The molecule has 0 atom stereocenters. The Kier molecular flexibility index (Phi) is 2.52. The van der Waals surface area contributed by atoms with Crippen LogP contribution in [0.2, 0.25) is 0 Å². The van der Waals surface area contributed by atoms with E-state index in [1.54, 1.807) is 6.92 Å². The Balaban J connectivity index is 2.58. The summed E-state index contributed by atoms with van der Waals surface area (Å²) in [4.78, 5) is 17.7. The van der Waals surface area contributed by atoms with Crippen LogP contribution in [0.5, 0.6) is 0 Å². The van der Waals surface area contributed by atoms with Crippen LogP contribution in [-0.2, 0) is 0 Å². The van der Waals surface area contributed by atoms with Crippen molar-refractivity contribution >= 4 is 0 Å². The summed E-state index contributed by atoms with van der Waals surface area (Å²) in [6.45, 7) is 1.62. The highest BCUT2D eigenvalue weighted by Crippen LogP contribution is 2.18. The van der Waals surface area contributed by atoms with Crippen LogP contribution in [0.1, 0.15) is 5.82 Å². The molecule has 1 aromatic heterocycles. The Hall–Kier alpha value is -2.04. The number of nitrogens with zero attached hydrogens (tertiary/aromatic N) is 1. The minimum atomic E-state index is -0.961. The zero-order valence-corrected chi connectivity index (χ0v) is 8.42. The third-order valence-electron chi connectivity index (χ3n) is 2.08. The molecule has 0 saturated carbocycles. The molecule has 16 heavy (non-hydrogen) atoms. The van der Waals surface area contributed by atoms with E-state index in [9.17, 15) is 13.6 Å². The number of benzene rings is 1. The van der Waals surface area contributed by atoms with Gasteiger partial charge in [-0.05, 0) is 25.1 Å². The van der Waals surface area contributed by atoms with E-state index >= 15 is 0 Å². The molecule has 0 unspecified atom stereocenters. The zero-order chi connectivity index (χ0) is 11.7. The smallest absolute Gasteiger partial charge is 0.251 e. The second-order valence-electron chi connectivity index (χ2n) is 3.34. The Morgan fingerprint density at radius 1 is 1.19 bits per heavy atom. The average molecular weight is 222 g/mol. The number of H-pyrrole nitrogens is 1. The van der Waals surface area contributed by atoms with Gasteiger partial charge in [0, 0.05) is 11.6 Å². The second kappa shape index (κ2) is 3.84. The summed E-state index contributed by atoms with van der Waals surface area (Å²) in [5.74, 6) is -1.46. The number of hydrogen-bond donors (Lipinski definition) is 1.